The lowest BCUT2D eigenvalue weighted by Gasteiger charge is -2.28. The fraction of sp³-hybridized carbons (Fsp3) is 0.226. The molecule has 0 fully saturated rings. The number of para-hydroxylation sites is 1. The number of aryl methyl sites for hydroxylation is 1. The molecule has 2 heterocycles. The highest BCUT2D eigenvalue weighted by Gasteiger charge is 2.30. The first-order chi connectivity index (χ1) is 31.4. The molecule has 66 heavy (non-hydrogen) atoms. The van der Waals surface area contributed by atoms with E-state index in [4.69, 9.17) is 9.97 Å². The normalized spacial score (nSPS) is 12.2. The van der Waals surface area contributed by atoms with E-state index in [9.17, 15) is 5.11 Å². The van der Waals surface area contributed by atoms with E-state index >= 15 is 0 Å². The molecule has 7 aromatic carbocycles. The molecule has 330 valence electrons. The van der Waals surface area contributed by atoms with Gasteiger partial charge in [0.2, 0.25) is 0 Å². The van der Waals surface area contributed by atoms with Crippen LogP contribution < -0.4 is 0 Å². The molecule has 0 unspecified atom stereocenters. The summed E-state index contributed by atoms with van der Waals surface area (Å²) in [6.07, 6.45) is 2.01. The van der Waals surface area contributed by atoms with Crippen LogP contribution in [-0.2, 0) is 16.2 Å². The van der Waals surface area contributed by atoms with E-state index in [2.05, 4.69) is 238 Å². The standard InChI is InChI=1S/C62H61N3O/c1-39-38-63-56(40(2)55(39)43-26-19-14-20-27-43)47-33-45(42-24-17-13-18-25-42)32-46(34-47)49-28-21-29-54-57(49)64-59(50-36-48(60(3,4)5)37-52(58(50)66)62(9,10)11)65(54)53-31-30-44(35-51(53)61(6,7)8)41-22-15-12-16-23-41/h12-38,66H,1-11H3. The first kappa shape index (κ1) is 44.2. The molecule has 4 nitrogen and oxygen atoms in total. The van der Waals surface area contributed by atoms with Gasteiger partial charge in [0.05, 0.1) is 28.0 Å². The van der Waals surface area contributed by atoms with Crippen molar-refractivity contribution in [2.45, 2.75) is 92.4 Å². The Bertz CT molecular complexity index is 3250. The Labute approximate surface area is 391 Å². The predicted molar refractivity (Wildman–Crippen MR) is 279 cm³/mol. The van der Waals surface area contributed by atoms with Crippen molar-refractivity contribution in [1.29, 1.82) is 0 Å². The summed E-state index contributed by atoms with van der Waals surface area (Å²) < 4.78 is 2.31. The maximum Gasteiger partial charge on any atom is 0.149 e. The van der Waals surface area contributed by atoms with Gasteiger partial charge in [0.15, 0.2) is 0 Å². The topological polar surface area (TPSA) is 50.9 Å². The van der Waals surface area contributed by atoms with Crippen LogP contribution in [0.3, 0.4) is 0 Å². The molecule has 0 aliphatic heterocycles. The van der Waals surface area contributed by atoms with E-state index < -0.39 is 0 Å². The van der Waals surface area contributed by atoms with Gasteiger partial charge >= 0.3 is 0 Å². The maximum absolute atomic E-state index is 12.6. The molecule has 0 aliphatic rings. The Hall–Kier alpha value is -7.04. The number of hydrogen-bond acceptors (Lipinski definition) is 3. The quantitative estimate of drug-likeness (QED) is 0.174. The van der Waals surface area contributed by atoms with Crippen LogP contribution in [0.15, 0.2) is 164 Å². The highest BCUT2D eigenvalue weighted by molar-refractivity contribution is 5.98. The molecule has 2 aromatic heterocycles. The van der Waals surface area contributed by atoms with Crippen molar-refractivity contribution in [3.8, 4) is 78.6 Å². The van der Waals surface area contributed by atoms with Crippen molar-refractivity contribution in [2.75, 3.05) is 0 Å². The lowest BCUT2D eigenvalue weighted by Crippen LogP contribution is -2.18. The minimum absolute atomic E-state index is 0.185. The van der Waals surface area contributed by atoms with Gasteiger partial charge in [-0.3, -0.25) is 9.55 Å². The number of hydrogen-bond donors (Lipinski definition) is 1. The number of imidazole rings is 1. The predicted octanol–water partition coefficient (Wildman–Crippen LogP) is 16.6. The SMILES string of the molecule is Cc1cnc(-c2cc(-c3ccccc3)cc(-c3cccc4c3nc(-c3cc(C(C)(C)C)cc(C(C)(C)C)c3O)n4-c3ccc(-c4ccccc4)cc3C(C)(C)C)c2)c(C)c1-c1ccccc1. The average molecular weight is 864 g/mol. The molecule has 0 bridgehead atoms. The molecule has 4 heteroatoms. The first-order valence-electron chi connectivity index (χ1n) is 23.2. The fourth-order valence-electron chi connectivity index (χ4n) is 9.50. The monoisotopic (exact) mass is 863 g/mol. The van der Waals surface area contributed by atoms with Crippen LogP contribution in [0.1, 0.15) is 90.1 Å². The summed E-state index contributed by atoms with van der Waals surface area (Å²) in [7, 11) is 0. The third-order valence-corrected chi connectivity index (χ3v) is 13.1. The molecule has 0 aliphatic carbocycles. The summed E-state index contributed by atoms with van der Waals surface area (Å²) in [5, 5.41) is 12.6. The molecule has 9 aromatic rings. The van der Waals surface area contributed by atoms with Gasteiger partial charge in [-0.1, -0.05) is 178 Å². The van der Waals surface area contributed by atoms with Crippen molar-refractivity contribution < 1.29 is 5.11 Å². The van der Waals surface area contributed by atoms with Crippen molar-refractivity contribution >= 4 is 11.0 Å². The van der Waals surface area contributed by atoms with Gasteiger partial charge in [-0.15, -0.1) is 0 Å². The van der Waals surface area contributed by atoms with Crippen molar-refractivity contribution in [1.82, 2.24) is 14.5 Å². The molecule has 0 saturated heterocycles. The number of benzene rings is 7. The zero-order valence-corrected chi connectivity index (χ0v) is 40.4. The summed E-state index contributed by atoms with van der Waals surface area (Å²) in [6, 6.07) is 56.4. The molecule has 1 N–H and O–H groups in total. The highest BCUT2D eigenvalue weighted by Crippen LogP contribution is 2.46. The highest BCUT2D eigenvalue weighted by atomic mass is 16.3. The van der Waals surface area contributed by atoms with E-state index in [-0.39, 0.29) is 22.0 Å². The lowest BCUT2D eigenvalue weighted by molar-refractivity contribution is 0.446. The fourth-order valence-corrected chi connectivity index (χ4v) is 9.50. The summed E-state index contributed by atoms with van der Waals surface area (Å²) in [5.74, 6) is 0.961. The van der Waals surface area contributed by atoms with Gasteiger partial charge in [0, 0.05) is 22.9 Å². The smallest absolute Gasteiger partial charge is 0.149 e. The number of rotatable bonds is 7. The second-order valence-electron chi connectivity index (χ2n) is 21.0. The molecule has 9 rings (SSSR count). The number of nitrogens with zero attached hydrogens (tertiary/aromatic N) is 3. The Balaban J connectivity index is 1.37. The third kappa shape index (κ3) is 8.26. The second kappa shape index (κ2) is 16.7. The van der Waals surface area contributed by atoms with Crippen LogP contribution in [0.2, 0.25) is 0 Å². The largest absolute Gasteiger partial charge is 0.507 e. The van der Waals surface area contributed by atoms with Gasteiger partial charge in [0.25, 0.3) is 0 Å². The maximum atomic E-state index is 12.6. The zero-order chi connectivity index (χ0) is 46.7. The Morgan fingerprint density at radius 2 is 1.05 bits per heavy atom. The average Bonchev–Trinajstić information content (AvgIpc) is 3.68. The molecule has 0 saturated carbocycles. The molecule has 0 amide bonds. The summed E-state index contributed by atoms with van der Waals surface area (Å²) >= 11 is 0. The molecule has 0 atom stereocenters. The molecule has 0 spiro atoms. The second-order valence-corrected chi connectivity index (χ2v) is 21.0. The molecular formula is C62H61N3O. The van der Waals surface area contributed by atoms with E-state index in [1.54, 1.807) is 0 Å². The van der Waals surface area contributed by atoms with Crippen LogP contribution in [0.25, 0.3) is 83.9 Å². The molecular weight excluding hydrogens is 803 g/mol. The zero-order valence-electron chi connectivity index (χ0n) is 40.4. The van der Waals surface area contributed by atoms with Gasteiger partial charge in [-0.05, 0) is 134 Å². The number of phenolic OH excluding ortho intramolecular Hbond substituents is 1. The van der Waals surface area contributed by atoms with E-state index in [0.29, 0.717) is 11.4 Å². The minimum atomic E-state index is -0.327. The lowest BCUT2D eigenvalue weighted by atomic mass is 9.78. The third-order valence-electron chi connectivity index (χ3n) is 13.1. The van der Waals surface area contributed by atoms with Crippen LogP contribution in [0.5, 0.6) is 5.75 Å². The van der Waals surface area contributed by atoms with Gasteiger partial charge in [-0.25, -0.2) is 4.98 Å². The Kier molecular flexibility index (Phi) is 11.2. The number of phenols is 1. The van der Waals surface area contributed by atoms with E-state index in [1.807, 2.05) is 6.20 Å². The summed E-state index contributed by atoms with van der Waals surface area (Å²) in [4.78, 5) is 10.9. The van der Waals surface area contributed by atoms with Crippen LogP contribution in [0.4, 0.5) is 0 Å². The molecule has 0 radical (unpaired) electrons. The van der Waals surface area contributed by atoms with Gasteiger partial charge in [-0.2, -0.15) is 0 Å². The number of aromatic nitrogens is 3. The number of aromatic hydroxyl groups is 1. The van der Waals surface area contributed by atoms with Crippen molar-refractivity contribution in [2.24, 2.45) is 0 Å². The Morgan fingerprint density at radius 1 is 0.470 bits per heavy atom. The Morgan fingerprint density at radius 3 is 1.65 bits per heavy atom. The van der Waals surface area contributed by atoms with E-state index in [0.717, 1.165) is 78.0 Å². The number of pyridine rings is 1. The van der Waals surface area contributed by atoms with Crippen LogP contribution in [0, 0.1) is 13.8 Å². The minimum Gasteiger partial charge on any atom is -0.507 e. The van der Waals surface area contributed by atoms with Crippen LogP contribution in [-0.4, -0.2) is 19.6 Å². The first-order valence-corrected chi connectivity index (χ1v) is 23.2. The van der Waals surface area contributed by atoms with Gasteiger partial charge < -0.3 is 5.11 Å². The van der Waals surface area contributed by atoms with Crippen molar-refractivity contribution in [3.05, 3.63) is 192 Å². The van der Waals surface area contributed by atoms with Crippen LogP contribution >= 0.6 is 0 Å². The number of fused-ring (bicyclic) bond motifs is 1. The van der Waals surface area contributed by atoms with Crippen molar-refractivity contribution in [3.63, 3.8) is 0 Å². The summed E-state index contributed by atoms with van der Waals surface area (Å²) in [5.41, 5.74) is 19.3. The van der Waals surface area contributed by atoms with Gasteiger partial charge in [0.1, 0.15) is 11.6 Å². The summed E-state index contributed by atoms with van der Waals surface area (Å²) in [6.45, 7) is 24.4. The van der Waals surface area contributed by atoms with E-state index in [1.165, 1.54) is 22.3 Å².